The molecule has 1 aromatic heterocycles. The maximum atomic E-state index is 9.19. The van der Waals surface area contributed by atoms with Crippen molar-refractivity contribution >= 4 is 10.1 Å². The molecule has 0 aliphatic heterocycles. The highest BCUT2D eigenvalue weighted by Gasteiger charge is 2.01. The summed E-state index contributed by atoms with van der Waals surface area (Å²) in [5.41, 5.74) is 1.44. The van der Waals surface area contributed by atoms with Crippen molar-refractivity contribution in [1.82, 2.24) is 0 Å². The highest BCUT2D eigenvalue weighted by atomic mass is 32.2. The molecule has 1 heterocycles. The first-order chi connectivity index (χ1) is 10.4. The maximum Gasteiger partial charge on any atom is 0.261 e. The zero-order valence-electron chi connectivity index (χ0n) is 14.3. The molecule has 0 amide bonds. The molecule has 0 atom stereocenters. The van der Waals surface area contributed by atoms with Crippen molar-refractivity contribution in [2.24, 2.45) is 0 Å². The summed E-state index contributed by atoms with van der Waals surface area (Å²) in [6.07, 6.45) is 16.1. The van der Waals surface area contributed by atoms with Gasteiger partial charge in [-0.05, 0) is 18.9 Å². The predicted octanol–water partition coefficient (Wildman–Crippen LogP) is 3.79. The Balaban J connectivity index is 0.000000763. The van der Waals surface area contributed by atoms with Crippen molar-refractivity contribution < 1.29 is 17.5 Å². The highest BCUT2D eigenvalue weighted by Crippen LogP contribution is 2.06. The number of unbranched alkanes of at least 4 members (excludes halogenated alkanes) is 6. The summed E-state index contributed by atoms with van der Waals surface area (Å²) in [5, 5.41) is 0. The lowest BCUT2D eigenvalue weighted by Crippen LogP contribution is -2.33. The molecule has 5 heteroatoms. The molecule has 0 saturated heterocycles. The summed E-state index contributed by atoms with van der Waals surface area (Å²) < 4.78 is 28.2. The lowest BCUT2D eigenvalue weighted by Gasteiger charge is -2.00. The maximum absolute atomic E-state index is 9.19. The molecule has 0 fully saturated rings. The zero-order chi connectivity index (χ0) is 16.8. The number of aryl methyl sites for hydroxylation is 2. The van der Waals surface area contributed by atoms with Crippen LogP contribution in [0.3, 0.4) is 0 Å². The molecule has 0 aliphatic carbocycles. The Kier molecular flexibility index (Phi) is 12.1. The van der Waals surface area contributed by atoms with Crippen LogP contribution < -0.4 is 4.57 Å². The fourth-order valence-electron chi connectivity index (χ4n) is 2.18. The van der Waals surface area contributed by atoms with Crippen molar-refractivity contribution in [2.75, 3.05) is 6.26 Å². The van der Waals surface area contributed by atoms with E-state index in [1.165, 1.54) is 57.1 Å². The Morgan fingerprint density at radius 2 is 1.59 bits per heavy atom. The minimum atomic E-state index is -3.67. The van der Waals surface area contributed by atoms with Crippen LogP contribution in [0.2, 0.25) is 0 Å². The van der Waals surface area contributed by atoms with E-state index in [1.54, 1.807) is 0 Å². The second-order valence-corrected chi connectivity index (χ2v) is 7.12. The van der Waals surface area contributed by atoms with Gasteiger partial charge in [0.15, 0.2) is 12.4 Å². The van der Waals surface area contributed by atoms with E-state index in [1.807, 2.05) is 0 Å². The van der Waals surface area contributed by atoms with Crippen LogP contribution in [0.1, 0.15) is 64.4 Å². The summed E-state index contributed by atoms with van der Waals surface area (Å²) >= 11 is 0. The normalized spacial score (nSPS) is 10.9. The van der Waals surface area contributed by atoms with E-state index in [9.17, 15) is 8.42 Å². The number of hydrogen-bond acceptors (Lipinski definition) is 2. The summed E-state index contributed by atoms with van der Waals surface area (Å²) in [6, 6.07) is 4.38. The van der Waals surface area contributed by atoms with Crippen LogP contribution in [-0.4, -0.2) is 19.2 Å². The van der Waals surface area contributed by atoms with Crippen LogP contribution in [0, 0.1) is 0 Å². The molecule has 128 valence electrons. The molecule has 1 aromatic rings. The molecular formula is C17H32NO3S+. The van der Waals surface area contributed by atoms with Crippen LogP contribution in [0.4, 0.5) is 0 Å². The third-order valence-corrected chi connectivity index (χ3v) is 3.35. The Morgan fingerprint density at radius 1 is 1.05 bits per heavy atom. The van der Waals surface area contributed by atoms with Gasteiger partial charge in [-0.25, -0.2) is 4.57 Å². The van der Waals surface area contributed by atoms with Crippen LogP contribution in [0.5, 0.6) is 0 Å². The monoisotopic (exact) mass is 330 g/mol. The van der Waals surface area contributed by atoms with Gasteiger partial charge in [0.2, 0.25) is 0 Å². The number of aromatic nitrogens is 1. The van der Waals surface area contributed by atoms with Crippen molar-refractivity contribution in [3.63, 3.8) is 0 Å². The van der Waals surface area contributed by atoms with Crippen LogP contribution >= 0.6 is 0 Å². The second-order valence-electron chi connectivity index (χ2n) is 5.66. The first-order valence-corrected chi connectivity index (χ1v) is 10.1. The van der Waals surface area contributed by atoms with Gasteiger partial charge in [0, 0.05) is 18.1 Å². The van der Waals surface area contributed by atoms with Crippen molar-refractivity contribution in [3.05, 3.63) is 30.1 Å². The first kappa shape index (κ1) is 21.1. The molecule has 0 radical (unpaired) electrons. The van der Waals surface area contributed by atoms with E-state index in [0.717, 1.165) is 6.42 Å². The summed E-state index contributed by atoms with van der Waals surface area (Å²) in [5.74, 6) is 0. The second kappa shape index (κ2) is 12.6. The molecule has 1 N–H and O–H groups in total. The Hall–Kier alpha value is -0.940. The molecule has 1 rings (SSSR count). The number of hydrogen-bond donors (Lipinski definition) is 1. The molecule has 0 saturated carbocycles. The average molecular weight is 331 g/mol. The molecular weight excluding hydrogens is 298 g/mol. The first-order valence-electron chi connectivity index (χ1n) is 8.27. The summed E-state index contributed by atoms with van der Waals surface area (Å²) in [4.78, 5) is 0. The minimum absolute atomic E-state index is 0.715. The number of nitrogens with zero attached hydrogens (tertiary/aromatic N) is 1. The third-order valence-electron chi connectivity index (χ3n) is 3.35. The van der Waals surface area contributed by atoms with Crippen LogP contribution in [-0.2, 0) is 23.1 Å². The fraction of sp³-hybridized carbons (Fsp3) is 0.706. The topological polar surface area (TPSA) is 58.2 Å². The third kappa shape index (κ3) is 15.4. The van der Waals surface area contributed by atoms with Gasteiger partial charge in [-0.1, -0.05) is 46.0 Å². The van der Waals surface area contributed by atoms with Gasteiger partial charge in [-0.15, -0.1) is 0 Å². The quantitative estimate of drug-likeness (QED) is 0.426. The lowest BCUT2D eigenvalue weighted by molar-refractivity contribution is -0.697. The van der Waals surface area contributed by atoms with Gasteiger partial charge in [0.25, 0.3) is 10.1 Å². The van der Waals surface area contributed by atoms with Gasteiger partial charge in [-0.3, -0.25) is 4.55 Å². The van der Waals surface area contributed by atoms with Crippen LogP contribution in [0.25, 0.3) is 0 Å². The predicted molar refractivity (Wildman–Crippen MR) is 91.5 cm³/mol. The minimum Gasteiger partial charge on any atom is -0.286 e. The highest BCUT2D eigenvalue weighted by molar-refractivity contribution is 7.85. The Labute approximate surface area is 136 Å². The van der Waals surface area contributed by atoms with E-state index in [2.05, 4.69) is 42.9 Å². The Bertz CT molecular complexity index is 478. The molecule has 0 bridgehead atoms. The van der Waals surface area contributed by atoms with Crippen molar-refractivity contribution in [1.29, 1.82) is 0 Å². The van der Waals surface area contributed by atoms with E-state index in [-0.39, 0.29) is 0 Å². The van der Waals surface area contributed by atoms with Crippen molar-refractivity contribution in [2.45, 2.75) is 71.8 Å². The standard InChI is InChI=1S/C16H28N.CH4O3S/c1-3-5-6-7-8-9-10-13-17-14-11-12-16(4-2)15-17;1-5(2,3)4/h11-12,14-15H,3-10,13H2,1-2H3;1H3,(H,2,3,4)/q+1;. The zero-order valence-corrected chi connectivity index (χ0v) is 15.1. The SMILES string of the molecule is CCCCCCCCC[n+]1cccc(CC)c1.CS(=O)(=O)O. The summed E-state index contributed by atoms with van der Waals surface area (Å²) in [6.45, 7) is 5.67. The molecule has 0 unspecified atom stereocenters. The fourth-order valence-corrected chi connectivity index (χ4v) is 2.18. The molecule has 0 aromatic carbocycles. The lowest BCUT2D eigenvalue weighted by atomic mass is 10.1. The number of pyridine rings is 1. The molecule has 0 spiro atoms. The van der Waals surface area contributed by atoms with Crippen molar-refractivity contribution in [3.8, 4) is 0 Å². The van der Waals surface area contributed by atoms with Gasteiger partial charge in [-0.2, -0.15) is 8.42 Å². The van der Waals surface area contributed by atoms with E-state index >= 15 is 0 Å². The molecule has 4 nitrogen and oxygen atoms in total. The van der Waals surface area contributed by atoms with Crippen LogP contribution in [0.15, 0.2) is 24.5 Å². The van der Waals surface area contributed by atoms with E-state index < -0.39 is 10.1 Å². The van der Waals surface area contributed by atoms with E-state index in [4.69, 9.17) is 4.55 Å². The average Bonchev–Trinajstić information content (AvgIpc) is 2.45. The van der Waals surface area contributed by atoms with Gasteiger partial charge < -0.3 is 0 Å². The Morgan fingerprint density at radius 3 is 2.14 bits per heavy atom. The number of rotatable bonds is 9. The van der Waals surface area contributed by atoms with Gasteiger partial charge in [0.1, 0.15) is 6.54 Å². The summed E-state index contributed by atoms with van der Waals surface area (Å²) in [7, 11) is -3.67. The van der Waals surface area contributed by atoms with Gasteiger partial charge in [0.05, 0.1) is 6.26 Å². The molecule has 0 aliphatic rings. The van der Waals surface area contributed by atoms with E-state index in [0.29, 0.717) is 6.26 Å². The van der Waals surface area contributed by atoms with Gasteiger partial charge >= 0.3 is 0 Å². The smallest absolute Gasteiger partial charge is 0.261 e. The largest absolute Gasteiger partial charge is 0.286 e. The molecule has 22 heavy (non-hydrogen) atoms.